The van der Waals surface area contributed by atoms with Gasteiger partial charge in [0.1, 0.15) is 4.90 Å². The van der Waals surface area contributed by atoms with Crippen molar-refractivity contribution in [2.24, 2.45) is 0 Å². The number of carbonyl (C=O) groups excluding carboxylic acids is 1. The highest BCUT2D eigenvalue weighted by molar-refractivity contribution is 7.92. The van der Waals surface area contributed by atoms with Gasteiger partial charge in [-0.1, -0.05) is 0 Å². The number of nitrogens with one attached hydrogen (secondary N) is 1. The molecule has 0 saturated heterocycles. The normalized spacial score (nSPS) is 11.3. The number of hydrogen-bond acceptors (Lipinski definition) is 4. The molecule has 8 heteroatoms. The Kier molecular flexibility index (Phi) is 4.74. The van der Waals surface area contributed by atoms with Crippen LogP contribution >= 0.6 is 0 Å². The molecule has 0 unspecified atom stereocenters. The molecule has 0 bridgehead atoms. The number of sulfonamides is 1. The predicted molar refractivity (Wildman–Crippen MR) is 89.0 cm³/mol. The van der Waals surface area contributed by atoms with Crippen molar-refractivity contribution in [2.75, 3.05) is 16.7 Å². The van der Waals surface area contributed by atoms with Crippen molar-refractivity contribution in [3.05, 3.63) is 36.2 Å². The Hall–Kier alpha value is -2.35. The first kappa shape index (κ1) is 17.0. The second-order valence-corrected chi connectivity index (χ2v) is 6.79. The summed E-state index contributed by atoms with van der Waals surface area (Å²) in [4.78, 5) is 13.0. The van der Waals surface area contributed by atoms with E-state index in [0.717, 1.165) is 0 Å². The molecular weight excluding hydrogens is 316 g/mol. The Bertz CT molecular complexity index is 810. The van der Waals surface area contributed by atoms with Crippen LogP contribution in [0.25, 0.3) is 0 Å². The van der Waals surface area contributed by atoms with Gasteiger partial charge in [-0.25, -0.2) is 8.42 Å². The molecule has 0 saturated carbocycles. The number of benzene rings is 1. The third-order valence-corrected chi connectivity index (χ3v) is 5.11. The molecule has 7 nitrogen and oxygen atoms in total. The van der Waals surface area contributed by atoms with Gasteiger partial charge in [-0.15, -0.1) is 0 Å². The summed E-state index contributed by atoms with van der Waals surface area (Å²) in [7, 11) is -2.04. The zero-order chi connectivity index (χ0) is 17.2. The number of aryl methyl sites for hydroxylation is 1. The maximum atomic E-state index is 12.4. The third kappa shape index (κ3) is 3.53. The molecule has 0 atom stereocenters. The van der Waals surface area contributed by atoms with Crippen LogP contribution < -0.4 is 9.62 Å². The van der Waals surface area contributed by atoms with E-state index in [9.17, 15) is 13.2 Å². The third-order valence-electron chi connectivity index (χ3n) is 3.63. The molecule has 1 heterocycles. The maximum absolute atomic E-state index is 12.4. The summed E-state index contributed by atoms with van der Waals surface area (Å²) in [5, 5.41) is 4.05. The average Bonchev–Trinajstić information content (AvgIpc) is 2.88. The second kappa shape index (κ2) is 6.41. The van der Waals surface area contributed by atoms with Crippen LogP contribution in [0.3, 0.4) is 0 Å². The fourth-order valence-electron chi connectivity index (χ4n) is 2.16. The van der Waals surface area contributed by atoms with Crippen LogP contribution in [-0.4, -0.2) is 31.2 Å². The lowest BCUT2D eigenvalue weighted by Crippen LogP contribution is -2.22. The van der Waals surface area contributed by atoms with Gasteiger partial charge < -0.3 is 4.90 Å². The average molecular weight is 336 g/mol. The van der Waals surface area contributed by atoms with E-state index >= 15 is 0 Å². The quantitative estimate of drug-likeness (QED) is 0.905. The summed E-state index contributed by atoms with van der Waals surface area (Å²) in [6, 6.07) is 6.60. The first-order chi connectivity index (χ1) is 10.8. The Labute approximate surface area is 136 Å². The molecule has 2 aromatic rings. The zero-order valence-corrected chi connectivity index (χ0v) is 14.4. The van der Waals surface area contributed by atoms with Crippen LogP contribution in [0.2, 0.25) is 0 Å². The molecular formula is C15H20N4O3S. The molecule has 1 N–H and O–H groups in total. The highest BCUT2D eigenvalue weighted by Gasteiger charge is 2.20. The molecule has 0 spiro atoms. The van der Waals surface area contributed by atoms with Crippen LogP contribution in [-0.2, 0) is 21.4 Å². The van der Waals surface area contributed by atoms with Gasteiger partial charge in [0.25, 0.3) is 10.0 Å². The van der Waals surface area contributed by atoms with E-state index in [1.165, 1.54) is 18.0 Å². The molecule has 2 rings (SSSR count). The van der Waals surface area contributed by atoms with Gasteiger partial charge >= 0.3 is 0 Å². The van der Waals surface area contributed by atoms with Crippen molar-refractivity contribution in [3.63, 3.8) is 0 Å². The van der Waals surface area contributed by atoms with Gasteiger partial charge in [0.2, 0.25) is 5.91 Å². The number of aromatic nitrogens is 2. The van der Waals surface area contributed by atoms with E-state index in [1.807, 2.05) is 6.92 Å². The molecule has 1 amide bonds. The van der Waals surface area contributed by atoms with Crippen molar-refractivity contribution in [1.29, 1.82) is 0 Å². The topological polar surface area (TPSA) is 84.3 Å². The second-order valence-electron chi connectivity index (χ2n) is 5.14. The van der Waals surface area contributed by atoms with Gasteiger partial charge in [0, 0.05) is 31.9 Å². The molecule has 1 aromatic heterocycles. The van der Waals surface area contributed by atoms with E-state index in [2.05, 4.69) is 9.82 Å². The number of rotatable bonds is 5. The van der Waals surface area contributed by atoms with Crippen molar-refractivity contribution >= 4 is 27.3 Å². The van der Waals surface area contributed by atoms with Gasteiger partial charge in [-0.3, -0.25) is 14.2 Å². The lowest BCUT2D eigenvalue weighted by atomic mass is 10.2. The van der Waals surface area contributed by atoms with Crippen LogP contribution in [0, 0.1) is 6.92 Å². The van der Waals surface area contributed by atoms with E-state index in [4.69, 9.17) is 0 Å². The molecule has 0 aliphatic carbocycles. The molecule has 0 aliphatic rings. The molecule has 0 radical (unpaired) electrons. The minimum absolute atomic E-state index is 0.0964. The standard InChI is InChI=1S/C15H20N4O3S/c1-5-19-11(2)15(10-16-19)23(21,22)17-13-6-8-14(9-7-13)18(4)12(3)20/h6-10,17H,5H2,1-4H3. The first-order valence-electron chi connectivity index (χ1n) is 7.16. The van der Waals surface area contributed by atoms with Crippen molar-refractivity contribution < 1.29 is 13.2 Å². The Morgan fingerprint density at radius 3 is 2.39 bits per heavy atom. The summed E-state index contributed by atoms with van der Waals surface area (Å²) in [5.74, 6) is -0.0964. The van der Waals surface area contributed by atoms with Crippen LogP contribution in [0.15, 0.2) is 35.4 Å². The summed E-state index contributed by atoms with van der Waals surface area (Å²) >= 11 is 0. The maximum Gasteiger partial charge on any atom is 0.265 e. The van der Waals surface area contributed by atoms with Crippen molar-refractivity contribution in [1.82, 2.24) is 9.78 Å². The number of amides is 1. The minimum Gasteiger partial charge on any atom is -0.316 e. The SMILES string of the molecule is CCn1ncc(S(=O)(=O)Nc2ccc(N(C)C(C)=O)cc2)c1C. The van der Waals surface area contributed by atoms with Crippen molar-refractivity contribution in [3.8, 4) is 0 Å². The Balaban J connectivity index is 2.24. The zero-order valence-electron chi connectivity index (χ0n) is 13.6. The highest BCUT2D eigenvalue weighted by atomic mass is 32.2. The van der Waals surface area contributed by atoms with Crippen molar-refractivity contribution in [2.45, 2.75) is 32.2 Å². The van der Waals surface area contributed by atoms with E-state index < -0.39 is 10.0 Å². The fourth-order valence-corrected chi connectivity index (χ4v) is 3.39. The summed E-state index contributed by atoms with van der Waals surface area (Å²) in [6.45, 7) is 5.68. The molecule has 124 valence electrons. The lowest BCUT2D eigenvalue weighted by Gasteiger charge is -2.15. The van der Waals surface area contributed by atoms with E-state index in [-0.39, 0.29) is 10.8 Å². The summed E-state index contributed by atoms with van der Waals surface area (Å²) in [5.41, 5.74) is 1.71. The number of carbonyl (C=O) groups is 1. The minimum atomic E-state index is -3.70. The summed E-state index contributed by atoms with van der Waals surface area (Å²) in [6.07, 6.45) is 1.35. The fraction of sp³-hybridized carbons (Fsp3) is 0.333. The van der Waals surface area contributed by atoms with Crippen LogP contribution in [0.5, 0.6) is 0 Å². The predicted octanol–water partition coefficient (Wildman–Crippen LogP) is 1.99. The summed E-state index contributed by atoms with van der Waals surface area (Å²) < 4.78 is 29.0. The van der Waals surface area contributed by atoms with Crippen LogP contribution in [0.4, 0.5) is 11.4 Å². The van der Waals surface area contributed by atoms with E-state index in [1.54, 1.807) is 42.9 Å². The number of hydrogen-bond donors (Lipinski definition) is 1. The van der Waals surface area contributed by atoms with E-state index in [0.29, 0.717) is 23.6 Å². The van der Waals surface area contributed by atoms with Gasteiger partial charge in [0.05, 0.1) is 11.9 Å². The smallest absolute Gasteiger partial charge is 0.265 e. The van der Waals surface area contributed by atoms with Gasteiger partial charge in [-0.05, 0) is 38.1 Å². The molecule has 1 aromatic carbocycles. The number of anilines is 2. The monoisotopic (exact) mass is 336 g/mol. The van der Waals surface area contributed by atoms with Gasteiger partial charge in [0.15, 0.2) is 0 Å². The number of nitrogens with zero attached hydrogens (tertiary/aromatic N) is 3. The lowest BCUT2D eigenvalue weighted by molar-refractivity contribution is -0.116. The highest BCUT2D eigenvalue weighted by Crippen LogP contribution is 2.21. The largest absolute Gasteiger partial charge is 0.316 e. The van der Waals surface area contributed by atoms with Crippen LogP contribution in [0.1, 0.15) is 19.5 Å². The molecule has 0 aliphatic heterocycles. The Morgan fingerprint density at radius 2 is 1.91 bits per heavy atom. The molecule has 23 heavy (non-hydrogen) atoms. The first-order valence-corrected chi connectivity index (χ1v) is 8.64. The Morgan fingerprint density at radius 1 is 1.30 bits per heavy atom. The van der Waals surface area contributed by atoms with Gasteiger partial charge in [-0.2, -0.15) is 5.10 Å². The molecule has 0 fully saturated rings.